The average molecular weight is 498 g/mol. The summed E-state index contributed by atoms with van der Waals surface area (Å²) in [7, 11) is 0. The van der Waals surface area contributed by atoms with Crippen LogP contribution in [0.2, 0.25) is 0 Å². The van der Waals surface area contributed by atoms with Crippen molar-refractivity contribution in [2.24, 2.45) is 5.73 Å². The monoisotopic (exact) mass is 498 g/mol. The second-order valence-corrected chi connectivity index (χ2v) is 7.38. The molecule has 192 valence electrons. The summed E-state index contributed by atoms with van der Waals surface area (Å²) in [5, 5.41) is 51.6. The molecule has 0 aromatic heterocycles. The Hall–Kier alpha value is -4.24. The van der Waals surface area contributed by atoms with Crippen LogP contribution < -0.4 is 21.7 Å². The fraction of sp³-hybridized carbons (Fsp3) is 0.400. The number of phenols is 1. The van der Waals surface area contributed by atoms with Crippen LogP contribution in [-0.4, -0.2) is 91.9 Å². The highest BCUT2D eigenvalue weighted by Crippen LogP contribution is 2.12. The molecule has 0 bridgehead atoms. The zero-order valence-electron chi connectivity index (χ0n) is 18.2. The fourth-order valence-electron chi connectivity index (χ4n) is 2.75. The number of nitrogens with two attached hydrogens (primary N) is 1. The molecule has 15 heteroatoms. The van der Waals surface area contributed by atoms with Gasteiger partial charge in [0.15, 0.2) is 0 Å². The summed E-state index contributed by atoms with van der Waals surface area (Å²) in [6.45, 7) is -1.00. The van der Waals surface area contributed by atoms with Crippen molar-refractivity contribution >= 4 is 35.6 Å². The maximum atomic E-state index is 12.9. The molecule has 15 nitrogen and oxygen atoms in total. The molecule has 35 heavy (non-hydrogen) atoms. The van der Waals surface area contributed by atoms with Gasteiger partial charge in [-0.3, -0.25) is 24.0 Å². The average Bonchev–Trinajstić information content (AvgIpc) is 2.76. The molecule has 0 heterocycles. The van der Waals surface area contributed by atoms with Gasteiger partial charge in [-0.1, -0.05) is 12.1 Å². The van der Waals surface area contributed by atoms with Crippen LogP contribution in [0.25, 0.3) is 0 Å². The quantitative estimate of drug-likeness (QED) is 0.122. The van der Waals surface area contributed by atoms with Crippen LogP contribution in [0.1, 0.15) is 18.4 Å². The van der Waals surface area contributed by atoms with Gasteiger partial charge < -0.3 is 47.2 Å². The molecule has 4 unspecified atom stereocenters. The number of hydrogen-bond donors (Lipinski definition) is 9. The van der Waals surface area contributed by atoms with Crippen molar-refractivity contribution in [1.29, 1.82) is 0 Å². The van der Waals surface area contributed by atoms with E-state index in [1.807, 2.05) is 5.32 Å². The topological polar surface area (TPSA) is 266 Å². The van der Waals surface area contributed by atoms with Crippen LogP contribution >= 0.6 is 0 Å². The van der Waals surface area contributed by atoms with Gasteiger partial charge in [0.2, 0.25) is 17.7 Å². The molecule has 0 aliphatic heterocycles. The van der Waals surface area contributed by atoms with Crippen molar-refractivity contribution in [2.45, 2.75) is 43.4 Å². The third kappa shape index (κ3) is 10.1. The number of carboxylic acid groups (broad SMARTS) is 3. The molecule has 0 saturated heterocycles. The number of carbonyl (C=O) groups excluding carboxylic acids is 3. The van der Waals surface area contributed by atoms with E-state index < -0.39 is 79.2 Å². The van der Waals surface area contributed by atoms with E-state index in [1.54, 1.807) is 0 Å². The third-order valence-corrected chi connectivity index (χ3v) is 4.55. The Labute approximate surface area is 197 Å². The van der Waals surface area contributed by atoms with Crippen molar-refractivity contribution in [3.63, 3.8) is 0 Å². The van der Waals surface area contributed by atoms with Crippen molar-refractivity contribution in [3.05, 3.63) is 29.8 Å². The summed E-state index contributed by atoms with van der Waals surface area (Å²) >= 11 is 0. The summed E-state index contributed by atoms with van der Waals surface area (Å²) < 4.78 is 0. The number of carbonyl (C=O) groups is 6. The van der Waals surface area contributed by atoms with Crippen molar-refractivity contribution < 1.29 is 54.3 Å². The van der Waals surface area contributed by atoms with Gasteiger partial charge in [0, 0.05) is 6.42 Å². The summed E-state index contributed by atoms with van der Waals surface area (Å²) in [5.41, 5.74) is 5.93. The minimum Gasteiger partial charge on any atom is -0.508 e. The Kier molecular flexibility index (Phi) is 11.1. The van der Waals surface area contributed by atoms with Crippen molar-refractivity contribution in [3.8, 4) is 5.75 Å². The Morgan fingerprint density at radius 1 is 0.743 bits per heavy atom. The number of benzene rings is 1. The summed E-state index contributed by atoms with van der Waals surface area (Å²) in [6, 6.07) is -1.13. The number of amides is 3. The Bertz CT molecular complexity index is 951. The predicted molar refractivity (Wildman–Crippen MR) is 115 cm³/mol. The fourth-order valence-corrected chi connectivity index (χ4v) is 2.75. The summed E-state index contributed by atoms with van der Waals surface area (Å²) in [4.78, 5) is 70.6. The minimum atomic E-state index is -1.79. The third-order valence-electron chi connectivity index (χ3n) is 4.55. The molecular formula is C20H26N4O11. The lowest BCUT2D eigenvalue weighted by Crippen LogP contribution is -2.58. The molecular weight excluding hydrogens is 472 g/mol. The summed E-state index contributed by atoms with van der Waals surface area (Å²) in [6.07, 6.45) is -1.94. The van der Waals surface area contributed by atoms with Crippen LogP contribution in [0.15, 0.2) is 24.3 Å². The number of rotatable bonds is 14. The zero-order valence-corrected chi connectivity index (χ0v) is 18.2. The van der Waals surface area contributed by atoms with E-state index in [0.29, 0.717) is 5.56 Å². The smallest absolute Gasteiger partial charge is 0.328 e. The first-order valence-corrected chi connectivity index (χ1v) is 10.1. The molecule has 0 aliphatic carbocycles. The van der Waals surface area contributed by atoms with E-state index in [1.165, 1.54) is 24.3 Å². The standard InChI is InChI=1S/C20H26N4O11/c21-11(6-15(27)28)17(31)22-12(5-9-1-3-10(26)4-2-9)18(32)23-13(7-16(29)30)19(33)24-14(8-25)20(34)35/h1-4,11-14,25-26H,5-8,21H2,(H,22,31)(H,23,32)(H,24,33)(H,27,28)(H,29,30)(H,34,35). The Morgan fingerprint density at radius 3 is 1.71 bits per heavy atom. The van der Waals surface area contributed by atoms with Gasteiger partial charge in [-0.15, -0.1) is 0 Å². The lowest BCUT2D eigenvalue weighted by atomic mass is 10.0. The predicted octanol–water partition coefficient (Wildman–Crippen LogP) is -3.26. The van der Waals surface area contributed by atoms with Gasteiger partial charge in [0.25, 0.3) is 0 Å². The molecule has 0 fully saturated rings. The molecule has 0 saturated carbocycles. The van der Waals surface area contributed by atoms with Gasteiger partial charge in [0.1, 0.15) is 23.9 Å². The van der Waals surface area contributed by atoms with Gasteiger partial charge >= 0.3 is 17.9 Å². The SMILES string of the molecule is NC(CC(=O)O)C(=O)NC(Cc1ccc(O)cc1)C(=O)NC(CC(=O)O)C(=O)NC(CO)C(=O)O. The molecule has 0 aliphatic rings. The van der Waals surface area contributed by atoms with Crippen LogP contribution in [0.4, 0.5) is 0 Å². The number of aliphatic hydroxyl groups excluding tert-OH is 1. The molecule has 1 rings (SSSR count). The first-order valence-electron chi connectivity index (χ1n) is 10.1. The molecule has 4 atom stereocenters. The Morgan fingerprint density at radius 2 is 1.23 bits per heavy atom. The van der Waals surface area contributed by atoms with Gasteiger partial charge in [-0.2, -0.15) is 0 Å². The van der Waals surface area contributed by atoms with E-state index in [4.69, 9.17) is 26.2 Å². The van der Waals surface area contributed by atoms with Crippen LogP contribution in [0, 0.1) is 0 Å². The molecule has 0 radical (unpaired) electrons. The number of aliphatic hydroxyl groups is 1. The second-order valence-electron chi connectivity index (χ2n) is 7.38. The van der Waals surface area contributed by atoms with Gasteiger partial charge in [-0.05, 0) is 17.7 Å². The molecule has 0 spiro atoms. The van der Waals surface area contributed by atoms with E-state index in [2.05, 4.69) is 10.6 Å². The first kappa shape index (κ1) is 28.8. The van der Waals surface area contributed by atoms with Crippen LogP contribution in [-0.2, 0) is 35.2 Å². The lowest BCUT2D eigenvalue weighted by molar-refractivity contribution is -0.144. The highest BCUT2D eigenvalue weighted by molar-refractivity contribution is 5.96. The van der Waals surface area contributed by atoms with Crippen molar-refractivity contribution in [2.75, 3.05) is 6.61 Å². The number of phenolic OH excluding ortho intramolecular Hbond substituents is 1. The number of nitrogens with one attached hydrogen (secondary N) is 3. The minimum absolute atomic E-state index is 0.0858. The van der Waals surface area contributed by atoms with Gasteiger partial charge in [0.05, 0.1) is 25.5 Å². The van der Waals surface area contributed by atoms with Crippen LogP contribution in [0.5, 0.6) is 5.75 Å². The van der Waals surface area contributed by atoms with E-state index in [-0.39, 0.29) is 12.2 Å². The van der Waals surface area contributed by atoms with E-state index >= 15 is 0 Å². The number of carboxylic acids is 3. The number of aromatic hydroxyl groups is 1. The first-order chi connectivity index (χ1) is 16.3. The zero-order chi connectivity index (χ0) is 26.7. The normalized spacial score (nSPS) is 14.0. The van der Waals surface area contributed by atoms with E-state index in [9.17, 15) is 33.9 Å². The van der Waals surface area contributed by atoms with E-state index in [0.717, 1.165) is 0 Å². The lowest BCUT2D eigenvalue weighted by Gasteiger charge is -2.24. The maximum Gasteiger partial charge on any atom is 0.328 e. The van der Waals surface area contributed by atoms with Crippen LogP contribution in [0.3, 0.4) is 0 Å². The highest BCUT2D eigenvalue weighted by Gasteiger charge is 2.32. The number of aliphatic carboxylic acids is 3. The summed E-state index contributed by atoms with van der Waals surface area (Å²) in [5.74, 6) is -7.89. The molecule has 1 aromatic carbocycles. The largest absolute Gasteiger partial charge is 0.508 e. The number of hydrogen-bond acceptors (Lipinski definition) is 9. The maximum absolute atomic E-state index is 12.9. The molecule has 1 aromatic rings. The Balaban J connectivity index is 3.13. The second kappa shape index (κ2) is 13.5. The van der Waals surface area contributed by atoms with Crippen molar-refractivity contribution in [1.82, 2.24) is 16.0 Å². The molecule has 3 amide bonds. The highest BCUT2D eigenvalue weighted by atomic mass is 16.4. The van der Waals surface area contributed by atoms with Gasteiger partial charge in [-0.25, -0.2) is 4.79 Å². The molecule has 10 N–H and O–H groups in total.